The van der Waals surface area contributed by atoms with Crippen molar-refractivity contribution in [3.63, 3.8) is 0 Å². The molecule has 1 aromatic rings. The molecule has 0 saturated carbocycles. The third-order valence-corrected chi connectivity index (χ3v) is 2.74. The Bertz CT molecular complexity index is 310. The maximum atomic E-state index is 9.57. The van der Waals surface area contributed by atoms with Crippen LogP contribution >= 0.6 is 11.8 Å². The van der Waals surface area contributed by atoms with Gasteiger partial charge in [-0.05, 0) is 31.7 Å². The van der Waals surface area contributed by atoms with Crippen molar-refractivity contribution in [3.8, 4) is 5.75 Å². The molecule has 0 aliphatic carbocycles. The Kier molecular flexibility index (Phi) is 4.99. The summed E-state index contributed by atoms with van der Waals surface area (Å²) in [5, 5.41) is 9.57. The van der Waals surface area contributed by atoms with E-state index in [1.165, 1.54) is 0 Å². The molecule has 3 heteroatoms. The van der Waals surface area contributed by atoms with Gasteiger partial charge in [-0.2, -0.15) is 11.8 Å². The zero-order valence-corrected chi connectivity index (χ0v) is 10.3. The van der Waals surface area contributed by atoms with Gasteiger partial charge in [0, 0.05) is 11.3 Å². The molecule has 2 nitrogen and oxygen atoms in total. The second-order valence-corrected chi connectivity index (χ2v) is 4.54. The van der Waals surface area contributed by atoms with Crippen LogP contribution < -0.4 is 4.74 Å². The Labute approximate surface area is 95.7 Å². The van der Waals surface area contributed by atoms with Crippen LogP contribution in [0.25, 0.3) is 0 Å². The van der Waals surface area contributed by atoms with Crippen LogP contribution in [0.3, 0.4) is 0 Å². The van der Waals surface area contributed by atoms with Crippen molar-refractivity contribution in [3.05, 3.63) is 29.3 Å². The molecule has 0 amide bonds. The van der Waals surface area contributed by atoms with Gasteiger partial charge in [-0.3, -0.25) is 0 Å². The van der Waals surface area contributed by atoms with Gasteiger partial charge in [-0.1, -0.05) is 12.1 Å². The van der Waals surface area contributed by atoms with Gasteiger partial charge in [0.05, 0.1) is 12.7 Å². The summed E-state index contributed by atoms with van der Waals surface area (Å²) in [4.78, 5) is 0. The Hall–Kier alpha value is -0.670. The van der Waals surface area contributed by atoms with Gasteiger partial charge in [0.1, 0.15) is 5.75 Å². The maximum Gasteiger partial charge on any atom is 0.125 e. The summed E-state index contributed by atoms with van der Waals surface area (Å²) in [6.45, 7) is 4.46. The average molecular weight is 226 g/mol. The largest absolute Gasteiger partial charge is 0.492 e. The molecule has 0 bridgehead atoms. The highest BCUT2D eigenvalue weighted by Gasteiger charge is 2.08. The van der Waals surface area contributed by atoms with E-state index in [0.717, 1.165) is 22.6 Å². The lowest BCUT2D eigenvalue weighted by atomic mass is 10.1. The molecule has 1 aromatic carbocycles. The zero-order valence-electron chi connectivity index (χ0n) is 9.49. The fourth-order valence-corrected chi connectivity index (χ4v) is 1.60. The summed E-state index contributed by atoms with van der Waals surface area (Å²) in [6.07, 6.45) is 1.57. The zero-order chi connectivity index (χ0) is 11.3. The molecule has 15 heavy (non-hydrogen) atoms. The van der Waals surface area contributed by atoms with Crippen molar-refractivity contribution in [1.82, 2.24) is 0 Å². The number of hydrogen-bond donors (Lipinski definition) is 1. The predicted octanol–water partition coefficient (Wildman–Crippen LogP) is 2.79. The monoisotopic (exact) mass is 226 g/mol. The van der Waals surface area contributed by atoms with E-state index >= 15 is 0 Å². The van der Waals surface area contributed by atoms with E-state index in [4.69, 9.17) is 4.74 Å². The van der Waals surface area contributed by atoms with Gasteiger partial charge in [0.15, 0.2) is 0 Å². The Balaban J connectivity index is 2.77. The highest BCUT2D eigenvalue weighted by molar-refractivity contribution is 7.98. The van der Waals surface area contributed by atoms with E-state index in [-0.39, 0.29) is 0 Å². The minimum absolute atomic E-state index is 0.477. The molecule has 0 fully saturated rings. The fraction of sp³-hybridized carbons (Fsp3) is 0.500. The van der Waals surface area contributed by atoms with E-state index in [1.54, 1.807) is 18.7 Å². The molecule has 0 radical (unpaired) electrons. The molecule has 0 aliphatic heterocycles. The van der Waals surface area contributed by atoms with E-state index in [2.05, 4.69) is 6.26 Å². The molecule has 0 heterocycles. The third-order valence-electron chi connectivity index (χ3n) is 2.16. The lowest BCUT2D eigenvalue weighted by Crippen LogP contribution is -2.04. The van der Waals surface area contributed by atoms with Crippen LogP contribution in [0.2, 0.25) is 0 Å². The summed E-state index contributed by atoms with van der Waals surface area (Å²) >= 11 is 1.75. The number of thioether (sulfide) groups is 1. The molecule has 1 atom stereocenters. The smallest absolute Gasteiger partial charge is 0.125 e. The van der Waals surface area contributed by atoms with E-state index in [0.29, 0.717) is 6.61 Å². The molecule has 0 spiro atoms. The molecule has 1 rings (SSSR count). The van der Waals surface area contributed by atoms with Gasteiger partial charge < -0.3 is 9.84 Å². The maximum absolute atomic E-state index is 9.57. The summed E-state index contributed by atoms with van der Waals surface area (Å²) in [6, 6.07) is 5.89. The Morgan fingerprint density at radius 2 is 2.20 bits per heavy atom. The average Bonchev–Trinajstić information content (AvgIpc) is 2.18. The van der Waals surface area contributed by atoms with E-state index in [1.807, 2.05) is 25.1 Å². The normalized spacial score (nSPS) is 12.5. The first kappa shape index (κ1) is 12.4. The van der Waals surface area contributed by atoms with Crippen molar-refractivity contribution in [2.24, 2.45) is 0 Å². The highest BCUT2D eigenvalue weighted by atomic mass is 32.2. The van der Waals surface area contributed by atoms with Crippen LogP contribution in [0.15, 0.2) is 18.2 Å². The number of rotatable bonds is 5. The summed E-state index contributed by atoms with van der Waals surface area (Å²) < 4.78 is 5.64. The number of benzene rings is 1. The molecule has 1 unspecified atom stereocenters. The quantitative estimate of drug-likeness (QED) is 0.783. The van der Waals surface area contributed by atoms with Gasteiger partial charge >= 0.3 is 0 Å². The van der Waals surface area contributed by atoms with Crippen molar-refractivity contribution >= 4 is 11.8 Å². The first-order valence-electron chi connectivity index (χ1n) is 5.05. The minimum Gasteiger partial charge on any atom is -0.492 e. The molecule has 0 aromatic heterocycles. The van der Waals surface area contributed by atoms with Gasteiger partial charge in [-0.15, -0.1) is 0 Å². The number of aliphatic hydroxyl groups is 1. The summed E-state index contributed by atoms with van der Waals surface area (Å²) in [7, 11) is 0. The molecular weight excluding hydrogens is 208 g/mol. The first-order chi connectivity index (χ1) is 7.15. The van der Waals surface area contributed by atoms with Crippen LogP contribution in [0.4, 0.5) is 0 Å². The number of hydrogen-bond acceptors (Lipinski definition) is 3. The standard InChI is InChI=1S/C12H18O2S/c1-9-4-5-11(10(2)13)12(8-9)14-6-7-15-3/h4-5,8,10,13H,6-7H2,1-3H3. The van der Waals surface area contributed by atoms with Crippen LogP contribution in [0.5, 0.6) is 5.75 Å². The third kappa shape index (κ3) is 3.76. The molecule has 0 aliphatic rings. The lowest BCUT2D eigenvalue weighted by molar-refractivity contribution is 0.192. The van der Waals surface area contributed by atoms with Crippen LogP contribution in [0, 0.1) is 6.92 Å². The predicted molar refractivity (Wildman–Crippen MR) is 65.7 cm³/mol. The van der Waals surface area contributed by atoms with E-state index < -0.39 is 6.10 Å². The summed E-state index contributed by atoms with van der Waals surface area (Å²) in [5.41, 5.74) is 2.01. The van der Waals surface area contributed by atoms with Gasteiger partial charge in [0.2, 0.25) is 0 Å². The number of ether oxygens (including phenoxy) is 1. The van der Waals surface area contributed by atoms with Crippen molar-refractivity contribution < 1.29 is 9.84 Å². The molecule has 0 saturated heterocycles. The van der Waals surface area contributed by atoms with Crippen molar-refractivity contribution in [2.45, 2.75) is 20.0 Å². The molecular formula is C12H18O2S. The Morgan fingerprint density at radius 1 is 1.47 bits per heavy atom. The SMILES string of the molecule is CSCCOc1cc(C)ccc1C(C)O. The number of aryl methyl sites for hydroxylation is 1. The molecule has 1 N–H and O–H groups in total. The fourth-order valence-electron chi connectivity index (χ4n) is 1.35. The van der Waals surface area contributed by atoms with Crippen molar-refractivity contribution in [2.75, 3.05) is 18.6 Å². The topological polar surface area (TPSA) is 29.5 Å². The molecule has 84 valence electrons. The second kappa shape index (κ2) is 6.03. The van der Waals surface area contributed by atoms with Gasteiger partial charge in [-0.25, -0.2) is 0 Å². The number of aliphatic hydroxyl groups excluding tert-OH is 1. The second-order valence-electron chi connectivity index (χ2n) is 3.56. The highest BCUT2D eigenvalue weighted by Crippen LogP contribution is 2.26. The van der Waals surface area contributed by atoms with Crippen LogP contribution in [-0.4, -0.2) is 23.7 Å². The van der Waals surface area contributed by atoms with Crippen LogP contribution in [0.1, 0.15) is 24.2 Å². The van der Waals surface area contributed by atoms with Crippen molar-refractivity contribution in [1.29, 1.82) is 0 Å². The minimum atomic E-state index is -0.477. The van der Waals surface area contributed by atoms with Crippen LogP contribution in [-0.2, 0) is 0 Å². The Morgan fingerprint density at radius 3 is 2.80 bits per heavy atom. The van der Waals surface area contributed by atoms with Gasteiger partial charge in [0.25, 0.3) is 0 Å². The summed E-state index contributed by atoms with van der Waals surface area (Å²) in [5.74, 6) is 1.77. The first-order valence-corrected chi connectivity index (χ1v) is 6.45. The van der Waals surface area contributed by atoms with E-state index in [9.17, 15) is 5.11 Å². The lowest BCUT2D eigenvalue weighted by Gasteiger charge is -2.13.